The Morgan fingerprint density at radius 1 is 0.373 bits per heavy atom. The zero-order valence-electron chi connectivity index (χ0n) is 39.5. The highest BCUT2D eigenvalue weighted by Crippen LogP contribution is 2.49. The molecular formula is C66H59N. The molecule has 0 radical (unpaired) electrons. The average Bonchev–Trinajstić information content (AvgIpc) is 3.63. The van der Waals surface area contributed by atoms with Gasteiger partial charge in [0.25, 0.3) is 0 Å². The molecule has 2 aliphatic rings. The van der Waals surface area contributed by atoms with Crippen LogP contribution in [0.15, 0.2) is 243 Å². The topological polar surface area (TPSA) is 3.24 Å². The van der Waals surface area contributed by atoms with Gasteiger partial charge in [-0.05, 0) is 142 Å². The predicted molar refractivity (Wildman–Crippen MR) is 288 cm³/mol. The van der Waals surface area contributed by atoms with Crippen LogP contribution in [0, 0.1) is 20.8 Å². The summed E-state index contributed by atoms with van der Waals surface area (Å²) < 4.78 is 0. The molecule has 9 aromatic rings. The van der Waals surface area contributed by atoms with Crippen molar-refractivity contribution in [3.63, 3.8) is 0 Å². The van der Waals surface area contributed by atoms with Gasteiger partial charge in [0.15, 0.2) is 0 Å². The molecule has 11 rings (SSSR count). The summed E-state index contributed by atoms with van der Waals surface area (Å²) in [6.07, 6.45) is 8.85. The monoisotopic (exact) mass is 865 g/mol. The third-order valence-corrected chi connectivity index (χ3v) is 13.2. The van der Waals surface area contributed by atoms with Crippen LogP contribution in [0.4, 0.5) is 17.1 Å². The standard InChI is InChI=1S/C37H31N.C16H16.C13H12/c1-28-12-14-31(15-13-28)34-20-26-37(27-21-34)38(35-22-16-32(17-23-35)29-8-4-2-5-9-29)36-24-18-33(19-25-36)30-10-6-3-7-11-30;1-11-7-6-9-13-12-8-4-5-10-14(12)16(2,3)15(11)13;1-11-7-9-13(10-8-11)12-5-3-2-4-6-12/h2-6,8-10,12-27H,7,11H2,1H3;4-10H,1-3H3;2-10H,1H3. The molecular weight excluding hydrogens is 807 g/mol. The molecule has 9 aromatic carbocycles. The van der Waals surface area contributed by atoms with Crippen LogP contribution in [-0.2, 0) is 5.41 Å². The Hall–Kier alpha value is -7.74. The molecule has 0 aliphatic heterocycles. The number of benzene rings is 9. The third-order valence-electron chi connectivity index (χ3n) is 13.2. The first-order valence-electron chi connectivity index (χ1n) is 23.6. The maximum absolute atomic E-state index is 2.34. The SMILES string of the molecule is Cc1ccc(-c2ccc(N(c3ccc(C4=CC=CCC4)cc3)c3ccc(-c4ccccc4)cc3)cc2)cc1.Cc1ccc(-c2ccccc2)cc1.Cc1cccc2c1C(C)(C)c1ccccc1-2. The van der Waals surface area contributed by atoms with E-state index in [2.05, 4.69) is 276 Å². The van der Waals surface area contributed by atoms with Crippen molar-refractivity contribution in [3.05, 3.63) is 276 Å². The summed E-state index contributed by atoms with van der Waals surface area (Å²) >= 11 is 0. The molecule has 1 nitrogen and oxygen atoms in total. The fourth-order valence-electron chi connectivity index (χ4n) is 9.59. The second kappa shape index (κ2) is 20.2. The number of fused-ring (bicyclic) bond motifs is 3. The zero-order valence-corrected chi connectivity index (χ0v) is 39.5. The summed E-state index contributed by atoms with van der Waals surface area (Å²) in [5.41, 5.74) is 23.5. The van der Waals surface area contributed by atoms with Gasteiger partial charge in [-0.25, -0.2) is 0 Å². The summed E-state index contributed by atoms with van der Waals surface area (Å²) in [4.78, 5) is 2.34. The minimum absolute atomic E-state index is 0.150. The minimum Gasteiger partial charge on any atom is -0.311 e. The summed E-state index contributed by atoms with van der Waals surface area (Å²) in [6, 6.07) is 80.4. The predicted octanol–water partition coefficient (Wildman–Crippen LogP) is 18.5. The first-order valence-corrected chi connectivity index (χ1v) is 23.6. The molecule has 0 saturated heterocycles. The van der Waals surface area contributed by atoms with Gasteiger partial charge in [-0.15, -0.1) is 0 Å². The highest BCUT2D eigenvalue weighted by molar-refractivity contribution is 5.83. The number of hydrogen-bond donors (Lipinski definition) is 0. The lowest BCUT2D eigenvalue weighted by molar-refractivity contribution is 0.655. The molecule has 0 heterocycles. The lowest BCUT2D eigenvalue weighted by atomic mass is 9.80. The highest BCUT2D eigenvalue weighted by Gasteiger charge is 2.35. The molecule has 0 unspecified atom stereocenters. The Bertz CT molecular complexity index is 3100. The number of rotatable bonds is 7. The van der Waals surface area contributed by atoms with E-state index in [-0.39, 0.29) is 5.41 Å². The van der Waals surface area contributed by atoms with Crippen molar-refractivity contribution in [3.8, 4) is 44.5 Å². The summed E-state index contributed by atoms with van der Waals surface area (Å²) in [6.45, 7) is 11.1. The van der Waals surface area contributed by atoms with Gasteiger partial charge in [0.1, 0.15) is 0 Å². The van der Waals surface area contributed by atoms with Crippen molar-refractivity contribution in [1.82, 2.24) is 0 Å². The van der Waals surface area contributed by atoms with Gasteiger partial charge in [0.05, 0.1) is 0 Å². The molecule has 0 amide bonds. The molecule has 2 aliphatic carbocycles. The molecule has 0 N–H and O–H groups in total. The molecule has 67 heavy (non-hydrogen) atoms. The molecule has 0 aromatic heterocycles. The maximum Gasteiger partial charge on any atom is 0.0462 e. The number of allylic oxidation sites excluding steroid dienone is 4. The van der Waals surface area contributed by atoms with E-state index >= 15 is 0 Å². The van der Waals surface area contributed by atoms with Gasteiger partial charge in [0.2, 0.25) is 0 Å². The van der Waals surface area contributed by atoms with E-state index in [1.54, 1.807) is 0 Å². The van der Waals surface area contributed by atoms with E-state index in [1.807, 2.05) is 6.07 Å². The quantitative estimate of drug-likeness (QED) is 0.154. The number of anilines is 3. The normalized spacial score (nSPS) is 12.9. The number of hydrogen-bond acceptors (Lipinski definition) is 1. The van der Waals surface area contributed by atoms with E-state index in [9.17, 15) is 0 Å². The van der Waals surface area contributed by atoms with E-state index in [4.69, 9.17) is 0 Å². The van der Waals surface area contributed by atoms with Gasteiger partial charge in [0, 0.05) is 22.5 Å². The van der Waals surface area contributed by atoms with Crippen LogP contribution in [0.25, 0.3) is 50.1 Å². The van der Waals surface area contributed by atoms with Crippen molar-refractivity contribution in [2.24, 2.45) is 0 Å². The van der Waals surface area contributed by atoms with Gasteiger partial charge < -0.3 is 4.90 Å². The van der Waals surface area contributed by atoms with E-state index in [0.717, 1.165) is 29.9 Å². The fourth-order valence-corrected chi connectivity index (χ4v) is 9.59. The van der Waals surface area contributed by atoms with Gasteiger partial charge in [-0.1, -0.05) is 231 Å². The maximum atomic E-state index is 2.34. The van der Waals surface area contributed by atoms with Crippen LogP contribution in [0.2, 0.25) is 0 Å². The van der Waals surface area contributed by atoms with Crippen molar-refractivity contribution in [2.45, 2.75) is 52.9 Å². The van der Waals surface area contributed by atoms with Crippen molar-refractivity contribution < 1.29 is 0 Å². The van der Waals surface area contributed by atoms with Crippen LogP contribution in [0.1, 0.15) is 60.1 Å². The van der Waals surface area contributed by atoms with Gasteiger partial charge in [-0.2, -0.15) is 0 Å². The summed E-state index contributed by atoms with van der Waals surface area (Å²) in [5.74, 6) is 0. The lowest BCUT2D eigenvalue weighted by Crippen LogP contribution is -2.16. The summed E-state index contributed by atoms with van der Waals surface area (Å²) in [5, 5.41) is 0. The Kier molecular flexibility index (Phi) is 13.4. The van der Waals surface area contributed by atoms with Crippen LogP contribution in [0.5, 0.6) is 0 Å². The lowest BCUT2D eigenvalue weighted by Gasteiger charge is -2.26. The first-order chi connectivity index (χ1) is 32.7. The number of nitrogens with zero attached hydrogens (tertiary/aromatic N) is 1. The summed E-state index contributed by atoms with van der Waals surface area (Å²) in [7, 11) is 0. The second-order valence-corrected chi connectivity index (χ2v) is 18.3. The van der Waals surface area contributed by atoms with E-state index < -0.39 is 0 Å². The largest absolute Gasteiger partial charge is 0.311 e. The Morgan fingerprint density at radius 2 is 0.776 bits per heavy atom. The Labute approximate surface area is 399 Å². The molecule has 328 valence electrons. The molecule has 0 fully saturated rings. The van der Waals surface area contributed by atoms with Crippen LogP contribution >= 0.6 is 0 Å². The zero-order chi connectivity index (χ0) is 46.2. The number of aryl methyl sites for hydroxylation is 3. The van der Waals surface area contributed by atoms with Crippen molar-refractivity contribution in [2.75, 3.05) is 4.90 Å². The van der Waals surface area contributed by atoms with Gasteiger partial charge in [-0.3, -0.25) is 0 Å². The first kappa shape index (κ1) is 44.5. The van der Waals surface area contributed by atoms with Crippen molar-refractivity contribution in [1.29, 1.82) is 0 Å². The van der Waals surface area contributed by atoms with Crippen LogP contribution in [-0.4, -0.2) is 0 Å². The minimum atomic E-state index is 0.150. The highest BCUT2D eigenvalue weighted by atomic mass is 15.1. The second-order valence-electron chi connectivity index (χ2n) is 18.3. The Balaban J connectivity index is 0.000000157. The van der Waals surface area contributed by atoms with Crippen LogP contribution in [0.3, 0.4) is 0 Å². The fraction of sp³-hybridized carbons (Fsp3) is 0.121. The molecule has 0 bridgehead atoms. The Morgan fingerprint density at radius 3 is 1.24 bits per heavy atom. The third kappa shape index (κ3) is 10.1. The van der Waals surface area contributed by atoms with E-state index in [1.165, 1.54) is 83.5 Å². The molecule has 0 atom stereocenters. The van der Waals surface area contributed by atoms with Crippen molar-refractivity contribution >= 4 is 22.6 Å². The van der Waals surface area contributed by atoms with Crippen LogP contribution < -0.4 is 4.90 Å². The molecule has 1 heteroatoms. The average molecular weight is 866 g/mol. The molecule has 0 saturated carbocycles. The smallest absolute Gasteiger partial charge is 0.0462 e. The van der Waals surface area contributed by atoms with E-state index in [0.29, 0.717) is 0 Å². The van der Waals surface area contributed by atoms with Gasteiger partial charge >= 0.3 is 0 Å². The molecule has 0 spiro atoms.